The van der Waals surface area contributed by atoms with Crippen LogP contribution in [0.15, 0.2) is 42.5 Å². The molecular weight excluding hydrogens is 416 g/mol. The van der Waals surface area contributed by atoms with Crippen LogP contribution in [0.4, 0.5) is 5.69 Å². The number of amides is 3. The third-order valence-corrected chi connectivity index (χ3v) is 6.22. The highest BCUT2D eigenvalue weighted by atomic mass is 35.5. The number of aromatic nitrogens is 1. The van der Waals surface area contributed by atoms with Crippen molar-refractivity contribution in [2.75, 3.05) is 11.9 Å². The van der Waals surface area contributed by atoms with Gasteiger partial charge in [-0.05, 0) is 36.8 Å². The van der Waals surface area contributed by atoms with Crippen LogP contribution < -0.4 is 10.6 Å². The predicted octanol–water partition coefficient (Wildman–Crippen LogP) is 3.24. The number of nitrogens with one attached hydrogen (secondary N) is 3. The number of anilines is 1. The number of nitrogens with zero attached hydrogens (tertiary/aromatic N) is 1. The van der Waals surface area contributed by atoms with E-state index in [4.69, 9.17) is 11.6 Å². The summed E-state index contributed by atoms with van der Waals surface area (Å²) in [5.74, 6) is -0.658. The minimum atomic E-state index is -0.754. The van der Waals surface area contributed by atoms with E-state index in [0.29, 0.717) is 29.4 Å². The lowest BCUT2D eigenvalue weighted by Gasteiger charge is -2.28. The topological polar surface area (TPSA) is 94.3 Å². The number of para-hydroxylation sites is 1. The van der Waals surface area contributed by atoms with E-state index in [1.54, 1.807) is 24.3 Å². The van der Waals surface area contributed by atoms with Gasteiger partial charge in [0.15, 0.2) is 0 Å². The molecule has 7 nitrogen and oxygen atoms in total. The maximum atomic E-state index is 12.9. The third kappa shape index (κ3) is 3.65. The van der Waals surface area contributed by atoms with E-state index in [-0.39, 0.29) is 30.6 Å². The van der Waals surface area contributed by atoms with E-state index in [9.17, 15) is 14.4 Å². The lowest BCUT2D eigenvalue weighted by Crippen LogP contribution is -2.42. The minimum absolute atomic E-state index is 0.0363. The summed E-state index contributed by atoms with van der Waals surface area (Å²) in [5, 5.41) is 7.22. The molecule has 1 atom stereocenters. The summed E-state index contributed by atoms with van der Waals surface area (Å²) in [7, 11) is 0. The minimum Gasteiger partial charge on any atom is -0.358 e. The summed E-state index contributed by atoms with van der Waals surface area (Å²) in [6, 6.07) is 11.8. The monoisotopic (exact) mass is 436 g/mol. The Morgan fingerprint density at radius 3 is 2.87 bits per heavy atom. The lowest BCUT2D eigenvalue weighted by atomic mass is 10.0. The van der Waals surface area contributed by atoms with Crippen molar-refractivity contribution >= 4 is 45.9 Å². The first kappa shape index (κ1) is 19.6. The molecule has 0 saturated carbocycles. The second-order valence-corrected chi connectivity index (χ2v) is 8.37. The van der Waals surface area contributed by atoms with Gasteiger partial charge in [0.05, 0.1) is 11.3 Å². The zero-order valence-electron chi connectivity index (χ0n) is 16.7. The molecule has 0 aliphatic carbocycles. The predicted molar refractivity (Wildman–Crippen MR) is 118 cm³/mol. The highest BCUT2D eigenvalue weighted by molar-refractivity contribution is 6.31. The molecule has 0 bridgehead atoms. The van der Waals surface area contributed by atoms with E-state index < -0.39 is 6.04 Å². The Bertz CT molecular complexity index is 1220. The average molecular weight is 437 g/mol. The molecule has 5 rings (SSSR count). The second-order valence-electron chi connectivity index (χ2n) is 7.94. The van der Waals surface area contributed by atoms with Gasteiger partial charge in [0.1, 0.15) is 6.04 Å². The van der Waals surface area contributed by atoms with Gasteiger partial charge in [-0.25, -0.2) is 0 Å². The molecule has 3 aromatic rings. The quantitative estimate of drug-likeness (QED) is 0.588. The maximum Gasteiger partial charge on any atom is 0.254 e. The number of hydrogen-bond acceptors (Lipinski definition) is 3. The fraction of sp³-hybridized carbons (Fsp3) is 0.261. The van der Waals surface area contributed by atoms with E-state index in [1.165, 1.54) is 0 Å². The van der Waals surface area contributed by atoms with Crippen LogP contribution in [0.25, 0.3) is 10.9 Å². The normalized spacial score (nSPS) is 18.1. The van der Waals surface area contributed by atoms with Crippen molar-refractivity contribution in [2.45, 2.75) is 31.8 Å². The van der Waals surface area contributed by atoms with Crippen LogP contribution >= 0.6 is 11.6 Å². The van der Waals surface area contributed by atoms with Gasteiger partial charge in [-0.3, -0.25) is 14.4 Å². The molecular formula is C23H21ClN4O3. The summed E-state index contributed by atoms with van der Waals surface area (Å²) in [5.41, 5.74) is 4.15. The van der Waals surface area contributed by atoms with E-state index in [0.717, 1.165) is 28.6 Å². The fourth-order valence-corrected chi connectivity index (χ4v) is 4.51. The van der Waals surface area contributed by atoms with Crippen LogP contribution in [-0.4, -0.2) is 40.2 Å². The van der Waals surface area contributed by atoms with Crippen LogP contribution in [-0.2, 0) is 22.6 Å². The molecule has 158 valence electrons. The number of halogens is 1. The van der Waals surface area contributed by atoms with Crippen molar-refractivity contribution in [3.8, 4) is 0 Å². The molecule has 3 N–H and O–H groups in total. The average Bonchev–Trinajstić information content (AvgIpc) is 3.07. The summed E-state index contributed by atoms with van der Waals surface area (Å²) < 4.78 is 0. The Labute approximate surface area is 183 Å². The largest absolute Gasteiger partial charge is 0.358 e. The highest BCUT2D eigenvalue weighted by Gasteiger charge is 2.29. The van der Waals surface area contributed by atoms with Crippen molar-refractivity contribution in [3.63, 3.8) is 0 Å². The smallest absolute Gasteiger partial charge is 0.254 e. The van der Waals surface area contributed by atoms with Gasteiger partial charge in [-0.1, -0.05) is 23.7 Å². The highest BCUT2D eigenvalue weighted by Crippen LogP contribution is 2.30. The van der Waals surface area contributed by atoms with Crippen molar-refractivity contribution in [2.24, 2.45) is 0 Å². The van der Waals surface area contributed by atoms with Gasteiger partial charge in [-0.15, -0.1) is 0 Å². The number of benzene rings is 2. The fourth-order valence-electron chi connectivity index (χ4n) is 4.34. The summed E-state index contributed by atoms with van der Waals surface area (Å²) >= 11 is 6.16. The first-order chi connectivity index (χ1) is 15.0. The maximum absolute atomic E-state index is 12.9. The number of fused-ring (bicyclic) bond motifs is 4. The molecule has 2 aliphatic rings. The van der Waals surface area contributed by atoms with Crippen molar-refractivity contribution < 1.29 is 14.4 Å². The molecule has 0 spiro atoms. The zero-order valence-corrected chi connectivity index (χ0v) is 17.5. The van der Waals surface area contributed by atoms with Gasteiger partial charge in [0.2, 0.25) is 11.8 Å². The number of carbonyl (C=O) groups excluding carboxylic acids is 3. The van der Waals surface area contributed by atoms with Crippen LogP contribution in [0.1, 0.15) is 34.5 Å². The molecule has 0 unspecified atom stereocenters. The summed E-state index contributed by atoms with van der Waals surface area (Å²) in [6.45, 7) is 1.12. The van der Waals surface area contributed by atoms with Gasteiger partial charge >= 0.3 is 0 Å². The summed E-state index contributed by atoms with van der Waals surface area (Å²) in [4.78, 5) is 43.1. The van der Waals surface area contributed by atoms with E-state index in [2.05, 4.69) is 15.6 Å². The molecule has 3 heterocycles. The SMILES string of the molecule is O=C1N[C@@H](CCC(=O)N2CCc3[nH]c4ccc(Cl)cc4c3C2)C(=O)Nc2ccccc21. The first-order valence-electron chi connectivity index (χ1n) is 10.3. The van der Waals surface area contributed by atoms with Crippen LogP contribution in [0.2, 0.25) is 5.02 Å². The molecule has 0 saturated heterocycles. The van der Waals surface area contributed by atoms with E-state index >= 15 is 0 Å². The van der Waals surface area contributed by atoms with Crippen molar-refractivity contribution in [3.05, 3.63) is 64.3 Å². The Balaban J connectivity index is 1.26. The number of aromatic amines is 1. The molecule has 1 aromatic heterocycles. The first-order valence-corrected chi connectivity index (χ1v) is 10.6. The van der Waals surface area contributed by atoms with E-state index in [1.807, 2.05) is 23.1 Å². The van der Waals surface area contributed by atoms with Gasteiger partial charge in [-0.2, -0.15) is 0 Å². The van der Waals surface area contributed by atoms with Crippen molar-refractivity contribution in [1.29, 1.82) is 0 Å². The number of H-pyrrole nitrogens is 1. The number of carbonyl (C=O) groups is 3. The Hall–Kier alpha value is -3.32. The zero-order chi connectivity index (χ0) is 21.5. The van der Waals surface area contributed by atoms with Gasteiger partial charge < -0.3 is 20.5 Å². The van der Waals surface area contributed by atoms with Gasteiger partial charge in [0, 0.05) is 53.1 Å². The van der Waals surface area contributed by atoms with Crippen molar-refractivity contribution in [1.82, 2.24) is 15.2 Å². The molecule has 8 heteroatoms. The molecule has 0 fully saturated rings. The lowest BCUT2D eigenvalue weighted by molar-refractivity contribution is -0.132. The Morgan fingerprint density at radius 1 is 1.16 bits per heavy atom. The molecule has 2 aliphatic heterocycles. The molecule has 3 amide bonds. The number of rotatable bonds is 3. The molecule has 31 heavy (non-hydrogen) atoms. The standard InChI is InChI=1S/C23H21ClN4O3/c24-13-5-6-18-15(11-13)16-12-28(10-9-19(16)25-18)21(29)8-7-20-23(31)26-17-4-2-1-3-14(17)22(30)27-20/h1-6,11,20,25H,7-10,12H2,(H,26,31)(H,27,30)/t20-/m0/s1. The molecule has 0 radical (unpaired) electrons. The third-order valence-electron chi connectivity index (χ3n) is 5.99. The van der Waals surface area contributed by atoms with Crippen LogP contribution in [0.5, 0.6) is 0 Å². The second kappa shape index (κ2) is 7.74. The van der Waals surface area contributed by atoms with Crippen LogP contribution in [0.3, 0.4) is 0 Å². The number of hydrogen-bond donors (Lipinski definition) is 3. The summed E-state index contributed by atoms with van der Waals surface area (Å²) in [6.07, 6.45) is 1.16. The Kier molecular flexibility index (Phi) is 4.90. The van der Waals surface area contributed by atoms with Gasteiger partial charge in [0.25, 0.3) is 5.91 Å². The van der Waals surface area contributed by atoms with Crippen LogP contribution in [0, 0.1) is 0 Å². The molecule has 2 aromatic carbocycles. The Morgan fingerprint density at radius 2 is 2.00 bits per heavy atom.